The highest BCUT2D eigenvalue weighted by Crippen LogP contribution is 2.32. The first-order valence-electron chi connectivity index (χ1n) is 10.2. The Morgan fingerprint density at radius 2 is 1.77 bits per heavy atom. The molecule has 0 aliphatic rings. The predicted octanol–water partition coefficient (Wildman–Crippen LogP) is 5.99. The largest absolute Gasteiger partial charge is 0.302 e. The van der Waals surface area contributed by atoms with Crippen molar-refractivity contribution in [2.75, 3.05) is 37.3 Å². The number of fused-ring (bicyclic) bond motifs is 1. The highest BCUT2D eigenvalue weighted by molar-refractivity contribution is 7.98. The number of halogens is 1. The maximum Gasteiger partial charge on any atom is 0.261 e. The van der Waals surface area contributed by atoms with Crippen LogP contribution in [-0.4, -0.2) is 48.2 Å². The molecule has 0 unspecified atom stereocenters. The van der Waals surface area contributed by atoms with Crippen LogP contribution in [-0.2, 0) is 6.42 Å². The Labute approximate surface area is 194 Å². The topological polar surface area (TPSA) is 36.4 Å². The molecule has 0 saturated heterocycles. The first kappa shape index (κ1) is 24.7. The molecule has 0 radical (unpaired) electrons. The Bertz CT molecular complexity index is 972. The predicted molar refractivity (Wildman–Crippen MR) is 134 cm³/mol. The van der Waals surface area contributed by atoms with Gasteiger partial charge in [-0.05, 0) is 49.5 Å². The van der Waals surface area contributed by atoms with Crippen LogP contribution < -0.4 is 4.90 Å². The quantitative estimate of drug-likeness (QED) is 0.365. The molecule has 1 aromatic heterocycles. The fourth-order valence-corrected chi connectivity index (χ4v) is 5.05. The van der Waals surface area contributed by atoms with E-state index in [-0.39, 0.29) is 18.3 Å². The van der Waals surface area contributed by atoms with E-state index < -0.39 is 0 Å². The Hall–Kier alpha value is -1.60. The van der Waals surface area contributed by atoms with E-state index in [9.17, 15) is 4.79 Å². The molecule has 0 spiro atoms. The van der Waals surface area contributed by atoms with E-state index in [1.165, 1.54) is 5.56 Å². The van der Waals surface area contributed by atoms with Crippen LogP contribution in [0.3, 0.4) is 0 Å². The minimum atomic E-state index is 0. The van der Waals surface area contributed by atoms with E-state index in [0.717, 1.165) is 51.9 Å². The highest BCUT2D eigenvalue weighted by atomic mass is 35.5. The van der Waals surface area contributed by atoms with E-state index in [1.54, 1.807) is 23.1 Å². The smallest absolute Gasteiger partial charge is 0.261 e. The van der Waals surface area contributed by atoms with E-state index >= 15 is 0 Å². The number of hydrogen-bond donors (Lipinski definition) is 0. The van der Waals surface area contributed by atoms with Gasteiger partial charge in [-0.3, -0.25) is 9.69 Å². The van der Waals surface area contributed by atoms with E-state index in [1.807, 2.05) is 35.4 Å². The van der Waals surface area contributed by atoms with Gasteiger partial charge in [-0.2, -0.15) is 0 Å². The van der Waals surface area contributed by atoms with Crippen LogP contribution in [0, 0.1) is 0 Å². The third-order valence-corrected chi connectivity index (χ3v) is 7.06. The van der Waals surface area contributed by atoms with Crippen molar-refractivity contribution in [3.05, 3.63) is 53.6 Å². The summed E-state index contributed by atoms with van der Waals surface area (Å²) >= 11 is 3.21. The average molecular weight is 464 g/mol. The van der Waals surface area contributed by atoms with Crippen LogP contribution in [0.15, 0.2) is 47.4 Å². The summed E-state index contributed by atoms with van der Waals surface area (Å²) in [4.78, 5) is 23.7. The van der Waals surface area contributed by atoms with Crippen molar-refractivity contribution in [1.82, 2.24) is 9.88 Å². The molecule has 0 atom stereocenters. The normalized spacial score (nSPS) is 11.0. The maximum absolute atomic E-state index is 13.6. The Kier molecular flexibility index (Phi) is 9.62. The summed E-state index contributed by atoms with van der Waals surface area (Å²) in [7, 11) is 0. The zero-order valence-corrected chi connectivity index (χ0v) is 20.5. The van der Waals surface area contributed by atoms with E-state index in [2.05, 4.69) is 43.9 Å². The van der Waals surface area contributed by atoms with Gasteiger partial charge in [0.2, 0.25) is 0 Å². The van der Waals surface area contributed by atoms with Gasteiger partial charge in [0.1, 0.15) is 0 Å². The summed E-state index contributed by atoms with van der Waals surface area (Å²) in [5.74, 6) is 0.0270. The number of rotatable bonds is 9. The molecule has 7 heteroatoms. The number of thioether (sulfide) groups is 1. The molecule has 0 aliphatic heterocycles. The molecule has 0 aliphatic carbocycles. The lowest BCUT2D eigenvalue weighted by Crippen LogP contribution is -2.39. The SMILES string of the molecule is CCc1cccc2sc(N(CCN(CC)CC)C(=O)c3ccccc3SC)nc12.Cl. The van der Waals surface area contributed by atoms with Crippen molar-refractivity contribution in [3.63, 3.8) is 0 Å². The van der Waals surface area contributed by atoms with Gasteiger partial charge < -0.3 is 4.90 Å². The lowest BCUT2D eigenvalue weighted by Gasteiger charge is -2.25. The van der Waals surface area contributed by atoms with E-state index in [0.29, 0.717) is 6.54 Å². The van der Waals surface area contributed by atoms with Gasteiger partial charge in [-0.25, -0.2) is 4.98 Å². The van der Waals surface area contributed by atoms with E-state index in [4.69, 9.17) is 4.98 Å². The standard InChI is InChI=1S/C23H29N3OS2.ClH/c1-5-17-11-10-14-20-21(17)24-23(29-20)26(16-15-25(6-2)7-3)22(27)18-12-8-9-13-19(18)28-4;/h8-14H,5-7,15-16H2,1-4H3;1H. The van der Waals surface area contributed by atoms with Gasteiger partial charge in [0.25, 0.3) is 5.91 Å². The molecule has 0 saturated carbocycles. The molecule has 0 fully saturated rings. The minimum absolute atomic E-state index is 0. The second kappa shape index (κ2) is 11.7. The molecule has 2 aromatic carbocycles. The molecule has 3 aromatic rings. The molecule has 30 heavy (non-hydrogen) atoms. The summed E-state index contributed by atoms with van der Waals surface area (Å²) < 4.78 is 1.14. The molecule has 0 bridgehead atoms. The molecule has 1 amide bonds. The fraction of sp³-hybridized carbons (Fsp3) is 0.391. The van der Waals surface area contributed by atoms with Gasteiger partial charge >= 0.3 is 0 Å². The Balaban J connectivity index is 0.00000320. The fourth-order valence-electron chi connectivity index (χ4n) is 3.43. The maximum atomic E-state index is 13.6. The molecular formula is C23H30ClN3OS2. The number of aryl methyl sites for hydroxylation is 1. The number of likely N-dealkylation sites (N-methyl/N-ethyl adjacent to an activating group) is 1. The summed E-state index contributed by atoms with van der Waals surface area (Å²) in [6.07, 6.45) is 2.95. The van der Waals surface area contributed by atoms with Crippen LogP contribution in [0.2, 0.25) is 0 Å². The third kappa shape index (κ3) is 5.35. The summed E-state index contributed by atoms with van der Waals surface area (Å²) in [6.45, 7) is 9.86. The average Bonchev–Trinajstić information content (AvgIpc) is 3.20. The van der Waals surface area contributed by atoms with Gasteiger partial charge in [0.05, 0.1) is 15.8 Å². The number of amides is 1. The van der Waals surface area contributed by atoms with Crippen LogP contribution >= 0.6 is 35.5 Å². The number of anilines is 1. The third-order valence-electron chi connectivity index (χ3n) is 5.22. The highest BCUT2D eigenvalue weighted by Gasteiger charge is 2.24. The second-order valence-electron chi connectivity index (χ2n) is 6.80. The lowest BCUT2D eigenvalue weighted by molar-refractivity contribution is 0.0981. The van der Waals surface area contributed by atoms with Crippen molar-refractivity contribution in [2.24, 2.45) is 0 Å². The number of carbonyl (C=O) groups is 1. The number of thiazole rings is 1. The van der Waals surface area contributed by atoms with Crippen LogP contribution in [0.4, 0.5) is 5.13 Å². The Morgan fingerprint density at radius 3 is 2.43 bits per heavy atom. The van der Waals surface area contributed by atoms with Gasteiger partial charge in [0, 0.05) is 18.0 Å². The lowest BCUT2D eigenvalue weighted by atomic mass is 10.1. The second-order valence-corrected chi connectivity index (χ2v) is 8.66. The molecule has 3 rings (SSSR count). The number of carbonyl (C=O) groups excluding carboxylic acids is 1. The molecule has 0 N–H and O–H groups in total. The monoisotopic (exact) mass is 463 g/mol. The summed E-state index contributed by atoms with van der Waals surface area (Å²) in [5, 5.41) is 0.786. The molecular weight excluding hydrogens is 434 g/mol. The van der Waals surface area contributed by atoms with Crippen molar-refractivity contribution < 1.29 is 4.79 Å². The zero-order valence-electron chi connectivity index (χ0n) is 18.1. The Morgan fingerprint density at radius 1 is 1.03 bits per heavy atom. The van der Waals surface area contributed by atoms with Crippen LogP contribution in [0.1, 0.15) is 36.7 Å². The number of para-hydroxylation sites is 1. The number of aromatic nitrogens is 1. The van der Waals surface area contributed by atoms with Crippen molar-refractivity contribution >= 4 is 56.8 Å². The zero-order chi connectivity index (χ0) is 20.8. The number of nitrogens with zero attached hydrogens (tertiary/aromatic N) is 3. The number of hydrogen-bond acceptors (Lipinski definition) is 5. The van der Waals surface area contributed by atoms with Crippen molar-refractivity contribution in [3.8, 4) is 0 Å². The van der Waals surface area contributed by atoms with Gasteiger partial charge in [0.15, 0.2) is 5.13 Å². The molecule has 4 nitrogen and oxygen atoms in total. The van der Waals surface area contributed by atoms with Gasteiger partial charge in [-0.15, -0.1) is 24.2 Å². The summed E-state index contributed by atoms with van der Waals surface area (Å²) in [6, 6.07) is 14.1. The number of benzene rings is 2. The first-order valence-corrected chi connectivity index (χ1v) is 12.2. The van der Waals surface area contributed by atoms with Crippen LogP contribution in [0.5, 0.6) is 0 Å². The van der Waals surface area contributed by atoms with Crippen molar-refractivity contribution in [2.45, 2.75) is 32.1 Å². The van der Waals surface area contributed by atoms with Gasteiger partial charge in [-0.1, -0.05) is 56.4 Å². The molecule has 162 valence electrons. The molecule has 1 heterocycles. The van der Waals surface area contributed by atoms with Crippen molar-refractivity contribution in [1.29, 1.82) is 0 Å². The first-order chi connectivity index (χ1) is 14.1. The summed E-state index contributed by atoms with van der Waals surface area (Å²) in [5.41, 5.74) is 2.99. The van der Waals surface area contributed by atoms with Crippen LogP contribution in [0.25, 0.3) is 10.2 Å². The minimum Gasteiger partial charge on any atom is -0.302 e.